The molecule has 0 unspecified atom stereocenters. The van der Waals surface area contributed by atoms with Crippen LogP contribution in [0.4, 0.5) is 0 Å². The fourth-order valence-corrected chi connectivity index (χ4v) is 1.86. The van der Waals surface area contributed by atoms with Crippen LogP contribution in [0.2, 0.25) is 0 Å². The molecule has 0 aromatic rings. The molecule has 0 aliphatic carbocycles. The molecule has 0 aliphatic rings. The van der Waals surface area contributed by atoms with E-state index < -0.39 is 56.1 Å². The van der Waals surface area contributed by atoms with Crippen LogP contribution >= 0.6 is 0 Å². The van der Waals surface area contributed by atoms with Gasteiger partial charge in [0.25, 0.3) is 0 Å². The highest BCUT2D eigenvalue weighted by Gasteiger charge is 2.21. The summed E-state index contributed by atoms with van der Waals surface area (Å²) in [4.78, 5) is 45.2. The first-order valence-corrected chi connectivity index (χ1v) is 6.45. The van der Waals surface area contributed by atoms with E-state index in [-0.39, 0.29) is 13.0 Å². The van der Waals surface area contributed by atoms with Crippen LogP contribution in [0.15, 0.2) is 0 Å². The minimum Gasteiger partial charge on any atom is -0.480 e. The zero-order chi connectivity index (χ0) is 17.3. The number of nitrogens with zero attached hydrogens (tertiary/aromatic N) is 2. The molecule has 0 aromatic carbocycles. The van der Waals surface area contributed by atoms with Gasteiger partial charge in [0.15, 0.2) is 0 Å². The molecule has 0 bridgehead atoms. The fourth-order valence-electron chi connectivity index (χ4n) is 1.86. The third-order valence-electron chi connectivity index (χ3n) is 2.88. The first-order valence-electron chi connectivity index (χ1n) is 6.45. The highest BCUT2D eigenvalue weighted by molar-refractivity contribution is 5.73. The monoisotopic (exact) mass is 320 g/mol. The molecule has 10 nitrogen and oxygen atoms in total. The summed E-state index contributed by atoms with van der Waals surface area (Å²) >= 11 is 0. The van der Waals surface area contributed by atoms with Crippen molar-refractivity contribution in [2.45, 2.75) is 19.4 Å². The summed E-state index contributed by atoms with van der Waals surface area (Å²) in [5.74, 6) is -4.72. The van der Waals surface area contributed by atoms with E-state index in [0.717, 1.165) is 0 Å². The number of aliphatic carboxylic acids is 4. The summed E-state index contributed by atoms with van der Waals surface area (Å²) in [6, 6.07) is -0.461. The van der Waals surface area contributed by atoms with Gasteiger partial charge >= 0.3 is 23.9 Å². The molecule has 0 saturated carbocycles. The molecule has 0 radical (unpaired) electrons. The zero-order valence-electron chi connectivity index (χ0n) is 12.1. The van der Waals surface area contributed by atoms with Crippen LogP contribution in [-0.2, 0) is 19.2 Å². The average molecular weight is 320 g/mol. The summed E-state index contributed by atoms with van der Waals surface area (Å²) in [7, 11) is 0. The highest BCUT2D eigenvalue weighted by atomic mass is 16.4. The second-order valence-electron chi connectivity index (χ2n) is 4.83. The van der Waals surface area contributed by atoms with Gasteiger partial charge in [-0.3, -0.25) is 29.0 Å². The Morgan fingerprint density at radius 2 is 1.14 bits per heavy atom. The molecular formula is C12H20N2O8. The van der Waals surface area contributed by atoms with Crippen LogP contribution in [-0.4, -0.2) is 92.9 Å². The third kappa shape index (κ3) is 9.66. The zero-order valence-corrected chi connectivity index (χ0v) is 12.1. The number of carbonyl (C=O) groups is 4. The molecule has 0 rings (SSSR count). The quantitative estimate of drug-likeness (QED) is 0.341. The molecule has 0 spiro atoms. The van der Waals surface area contributed by atoms with Crippen molar-refractivity contribution in [3.63, 3.8) is 0 Å². The van der Waals surface area contributed by atoms with Crippen molar-refractivity contribution in [2.24, 2.45) is 0 Å². The second kappa shape index (κ2) is 9.68. The molecule has 22 heavy (non-hydrogen) atoms. The van der Waals surface area contributed by atoms with Crippen LogP contribution in [0.1, 0.15) is 13.3 Å². The lowest BCUT2D eigenvalue weighted by Crippen LogP contribution is -2.43. The van der Waals surface area contributed by atoms with Gasteiger partial charge in [0.1, 0.15) is 0 Å². The SMILES string of the molecule is C[C@@H](CCN(CC(=O)O)CC(=O)O)N(CC(=O)O)CC(=O)O. The summed E-state index contributed by atoms with van der Waals surface area (Å²) < 4.78 is 0. The average Bonchev–Trinajstić information content (AvgIpc) is 2.32. The van der Waals surface area contributed by atoms with Gasteiger partial charge in [-0.1, -0.05) is 0 Å². The topological polar surface area (TPSA) is 156 Å². The number of carboxylic acid groups (broad SMARTS) is 4. The number of hydrogen-bond acceptors (Lipinski definition) is 6. The smallest absolute Gasteiger partial charge is 0.317 e. The maximum Gasteiger partial charge on any atom is 0.317 e. The number of rotatable bonds is 12. The van der Waals surface area contributed by atoms with E-state index in [4.69, 9.17) is 20.4 Å². The summed E-state index contributed by atoms with van der Waals surface area (Å²) in [5, 5.41) is 34.9. The van der Waals surface area contributed by atoms with Gasteiger partial charge in [0.05, 0.1) is 26.2 Å². The molecule has 0 aliphatic heterocycles. The van der Waals surface area contributed by atoms with E-state index in [9.17, 15) is 19.2 Å². The van der Waals surface area contributed by atoms with Crippen molar-refractivity contribution in [3.8, 4) is 0 Å². The van der Waals surface area contributed by atoms with E-state index in [1.54, 1.807) is 6.92 Å². The number of carboxylic acids is 4. The summed E-state index contributed by atoms with van der Waals surface area (Å²) in [6.07, 6.45) is 0.237. The van der Waals surface area contributed by atoms with Crippen LogP contribution in [0.25, 0.3) is 0 Å². The Bertz CT molecular complexity index is 393. The Morgan fingerprint density at radius 1 is 0.773 bits per heavy atom. The molecule has 0 fully saturated rings. The first kappa shape index (κ1) is 19.8. The van der Waals surface area contributed by atoms with Crippen molar-refractivity contribution < 1.29 is 39.6 Å². The maximum atomic E-state index is 10.7. The van der Waals surface area contributed by atoms with Gasteiger partial charge in [0, 0.05) is 12.6 Å². The third-order valence-corrected chi connectivity index (χ3v) is 2.88. The second-order valence-corrected chi connectivity index (χ2v) is 4.83. The lowest BCUT2D eigenvalue weighted by molar-refractivity contribution is -0.143. The Balaban J connectivity index is 4.62. The lowest BCUT2D eigenvalue weighted by Gasteiger charge is -2.28. The minimum absolute atomic E-state index is 0.0928. The first-order chi connectivity index (χ1) is 10.1. The molecule has 0 amide bonds. The largest absolute Gasteiger partial charge is 0.480 e. The van der Waals surface area contributed by atoms with Crippen LogP contribution < -0.4 is 0 Å². The van der Waals surface area contributed by atoms with Crippen molar-refractivity contribution in [3.05, 3.63) is 0 Å². The van der Waals surface area contributed by atoms with Crippen molar-refractivity contribution >= 4 is 23.9 Å². The summed E-state index contributed by atoms with van der Waals surface area (Å²) in [6.45, 7) is -0.161. The predicted octanol–water partition coefficient (Wildman–Crippen LogP) is -1.29. The van der Waals surface area contributed by atoms with E-state index in [1.807, 2.05) is 0 Å². The highest BCUT2D eigenvalue weighted by Crippen LogP contribution is 2.05. The Morgan fingerprint density at radius 3 is 1.45 bits per heavy atom. The van der Waals surface area contributed by atoms with Crippen molar-refractivity contribution in [1.29, 1.82) is 0 Å². The van der Waals surface area contributed by atoms with Gasteiger partial charge in [-0.15, -0.1) is 0 Å². The van der Waals surface area contributed by atoms with Crippen LogP contribution in [0, 0.1) is 0 Å². The van der Waals surface area contributed by atoms with Crippen molar-refractivity contribution in [1.82, 2.24) is 9.80 Å². The summed E-state index contributed by atoms with van der Waals surface area (Å²) in [5.41, 5.74) is 0. The molecule has 4 N–H and O–H groups in total. The van der Waals surface area contributed by atoms with E-state index in [2.05, 4.69) is 0 Å². The normalized spacial score (nSPS) is 12.3. The van der Waals surface area contributed by atoms with E-state index in [1.165, 1.54) is 9.80 Å². The Labute approximate surface area is 126 Å². The lowest BCUT2D eigenvalue weighted by atomic mass is 10.2. The molecular weight excluding hydrogens is 300 g/mol. The molecule has 0 saturated heterocycles. The maximum absolute atomic E-state index is 10.7. The van der Waals surface area contributed by atoms with Crippen LogP contribution in [0.3, 0.4) is 0 Å². The van der Waals surface area contributed by atoms with Gasteiger partial charge in [-0.2, -0.15) is 0 Å². The van der Waals surface area contributed by atoms with Gasteiger partial charge < -0.3 is 20.4 Å². The molecule has 0 heterocycles. The molecule has 126 valence electrons. The Hall–Kier alpha value is -2.20. The van der Waals surface area contributed by atoms with Gasteiger partial charge in [0.2, 0.25) is 0 Å². The molecule has 10 heteroatoms. The Kier molecular flexibility index (Phi) is 8.72. The minimum atomic E-state index is -1.18. The standard InChI is InChI=1S/C12H20N2O8/c1-8(14(6-11(19)20)7-12(21)22)2-3-13(4-9(15)16)5-10(17)18/h8H,2-7H2,1H3,(H,15,16)(H,17,18)(H,19,20)(H,21,22)/t8-/m0/s1. The number of hydrogen-bond donors (Lipinski definition) is 4. The van der Waals surface area contributed by atoms with Crippen molar-refractivity contribution in [2.75, 3.05) is 32.7 Å². The molecule has 0 aromatic heterocycles. The predicted molar refractivity (Wildman–Crippen MR) is 72.6 cm³/mol. The van der Waals surface area contributed by atoms with Gasteiger partial charge in [-0.25, -0.2) is 0 Å². The van der Waals surface area contributed by atoms with E-state index in [0.29, 0.717) is 0 Å². The van der Waals surface area contributed by atoms with E-state index >= 15 is 0 Å². The molecule has 1 atom stereocenters. The van der Waals surface area contributed by atoms with Crippen LogP contribution in [0.5, 0.6) is 0 Å². The van der Waals surface area contributed by atoms with Gasteiger partial charge in [-0.05, 0) is 13.3 Å². The fraction of sp³-hybridized carbons (Fsp3) is 0.667.